The maximum atomic E-state index is 12.9. The quantitative estimate of drug-likeness (QED) is 0.845. The van der Waals surface area contributed by atoms with Crippen LogP contribution >= 0.6 is 0 Å². The Morgan fingerprint density at radius 1 is 1.39 bits per heavy atom. The van der Waals surface area contributed by atoms with Crippen molar-refractivity contribution in [3.63, 3.8) is 0 Å². The van der Waals surface area contributed by atoms with E-state index in [4.69, 9.17) is 5.73 Å². The van der Waals surface area contributed by atoms with Crippen molar-refractivity contribution in [1.82, 2.24) is 5.32 Å². The third-order valence-electron chi connectivity index (χ3n) is 3.44. The van der Waals surface area contributed by atoms with Gasteiger partial charge in [-0.15, -0.1) is 0 Å². The number of benzene rings is 1. The third kappa shape index (κ3) is 3.53. The number of amides is 1. The van der Waals surface area contributed by atoms with Crippen LogP contribution in [0, 0.1) is 12.7 Å². The molecule has 3 N–H and O–H groups in total. The molecule has 100 valence electrons. The Bertz CT molecular complexity index is 428. The van der Waals surface area contributed by atoms with Crippen molar-refractivity contribution in [2.75, 3.05) is 6.54 Å². The van der Waals surface area contributed by atoms with Gasteiger partial charge in [-0.05, 0) is 43.5 Å². The second kappa shape index (κ2) is 5.96. The Kier molecular flexibility index (Phi) is 4.84. The molecule has 0 spiro atoms. The zero-order valence-electron chi connectivity index (χ0n) is 11.2. The molecule has 0 radical (unpaired) electrons. The van der Waals surface area contributed by atoms with Gasteiger partial charge in [0.15, 0.2) is 0 Å². The highest BCUT2D eigenvalue weighted by Gasteiger charge is 2.21. The fourth-order valence-corrected chi connectivity index (χ4v) is 1.73. The Labute approximate surface area is 108 Å². The molecular weight excluding hydrogens is 231 g/mol. The van der Waals surface area contributed by atoms with Crippen molar-refractivity contribution in [3.05, 3.63) is 35.1 Å². The molecule has 0 unspecified atom stereocenters. The molecule has 1 aromatic rings. The van der Waals surface area contributed by atoms with E-state index in [1.807, 2.05) is 13.8 Å². The zero-order valence-corrected chi connectivity index (χ0v) is 11.2. The van der Waals surface area contributed by atoms with E-state index in [9.17, 15) is 9.18 Å². The minimum absolute atomic E-state index is 0.204. The lowest BCUT2D eigenvalue weighted by Gasteiger charge is -2.26. The summed E-state index contributed by atoms with van der Waals surface area (Å²) in [5.74, 6) is -0.538. The lowest BCUT2D eigenvalue weighted by molar-refractivity contribution is 0.0941. The normalized spacial score (nSPS) is 11.4. The molecular formula is C14H21FN2O. The molecule has 0 heterocycles. The summed E-state index contributed by atoms with van der Waals surface area (Å²) in [6.45, 7) is 6.14. The Balaban J connectivity index is 2.71. The van der Waals surface area contributed by atoms with Gasteiger partial charge in [-0.1, -0.05) is 13.8 Å². The highest BCUT2D eigenvalue weighted by Crippen LogP contribution is 2.12. The number of halogens is 1. The van der Waals surface area contributed by atoms with Gasteiger partial charge in [0.25, 0.3) is 5.91 Å². The molecule has 18 heavy (non-hydrogen) atoms. The van der Waals surface area contributed by atoms with Crippen LogP contribution in [-0.2, 0) is 0 Å². The number of aryl methyl sites for hydroxylation is 1. The molecule has 1 aromatic carbocycles. The van der Waals surface area contributed by atoms with Crippen molar-refractivity contribution in [1.29, 1.82) is 0 Å². The minimum Gasteiger partial charge on any atom is -0.350 e. The molecule has 0 aromatic heterocycles. The maximum Gasteiger partial charge on any atom is 0.251 e. The second-order valence-corrected chi connectivity index (χ2v) is 4.71. The fourth-order valence-electron chi connectivity index (χ4n) is 1.73. The molecule has 0 saturated carbocycles. The molecule has 0 atom stereocenters. The number of hydrogen-bond acceptors (Lipinski definition) is 2. The highest BCUT2D eigenvalue weighted by molar-refractivity contribution is 5.95. The molecule has 0 aliphatic carbocycles. The SMILES string of the molecule is CCC(N)(CC)CNC(=O)c1ccc(F)cc1C. The summed E-state index contributed by atoms with van der Waals surface area (Å²) in [5.41, 5.74) is 6.86. The van der Waals surface area contributed by atoms with Crippen LogP contribution in [0.4, 0.5) is 4.39 Å². The number of hydrogen-bond donors (Lipinski definition) is 2. The smallest absolute Gasteiger partial charge is 0.251 e. The summed E-state index contributed by atoms with van der Waals surface area (Å²) >= 11 is 0. The second-order valence-electron chi connectivity index (χ2n) is 4.71. The van der Waals surface area contributed by atoms with Gasteiger partial charge in [0.2, 0.25) is 0 Å². The molecule has 4 heteroatoms. The van der Waals surface area contributed by atoms with Crippen LogP contribution in [0.25, 0.3) is 0 Å². The van der Waals surface area contributed by atoms with Gasteiger partial charge in [-0.2, -0.15) is 0 Å². The van der Waals surface area contributed by atoms with Gasteiger partial charge < -0.3 is 11.1 Å². The largest absolute Gasteiger partial charge is 0.350 e. The third-order valence-corrected chi connectivity index (χ3v) is 3.44. The first-order valence-corrected chi connectivity index (χ1v) is 6.25. The van der Waals surface area contributed by atoms with E-state index in [1.54, 1.807) is 6.92 Å². The van der Waals surface area contributed by atoms with Gasteiger partial charge in [0.1, 0.15) is 5.82 Å². The van der Waals surface area contributed by atoms with E-state index < -0.39 is 0 Å². The van der Waals surface area contributed by atoms with Crippen LogP contribution in [0.1, 0.15) is 42.6 Å². The number of nitrogens with two attached hydrogens (primary N) is 1. The number of nitrogens with one attached hydrogen (secondary N) is 1. The lowest BCUT2D eigenvalue weighted by atomic mass is 9.94. The molecule has 0 bridgehead atoms. The molecule has 0 fully saturated rings. The summed E-state index contributed by atoms with van der Waals surface area (Å²) in [6.07, 6.45) is 1.60. The van der Waals surface area contributed by atoms with Crippen LogP contribution in [0.15, 0.2) is 18.2 Å². The zero-order chi connectivity index (χ0) is 13.8. The predicted molar refractivity (Wildman–Crippen MR) is 71.0 cm³/mol. The van der Waals surface area contributed by atoms with Crippen molar-refractivity contribution in [2.45, 2.75) is 39.2 Å². The first-order chi connectivity index (χ1) is 8.41. The van der Waals surface area contributed by atoms with Crippen LogP contribution in [0.2, 0.25) is 0 Å². The van der Waals surface area contributed by atoms with Crippen molar-refractivity contribution >= 4 is 5.91 Å². The number of rotatable bonds is 5. The average Bonchev–Trinajstić information content (AvgIpc) is 2.35. The molecule has 0 saturated heterocycles. The molecule has 1 amide bonds. The van der Waals surface area contributed by atoms with E-state index in [0.717, 1.165) is 12.8 Å². The van der Waals surface area contributed by atoms with Crippen LogP contribution in [-0.4, -0.2) is 18.0 Å². The molecule has 3 nitrogen and oxygen atoms in total. The number of carbonyl (C=O) groups is 1. The Hall–Kier alpha value is -1.42. The monoisotopic (exact) mass is 252 g/mol. The van der Waals surface area contributed by atoms with Crippen molar-refractivity contribution in [3.8, 4) is 0 Å². The van der Waals surface area contributed by atoms with Crippen LogP contribution in [0.3, 0.4) is 0 Å². The van der Waals surface area contributed by atoms with Crippen molar-refractivity contribution < 1.29 is 9.18 Å². The van der Waals surface area contributed by atoms with E-state index in [0.29, 0.717) is 17.7 Å². The summed E-state index contributed by atoms with van der Waals surface area (Å²) in [4.78, 5) is 12.0. The lowest BCUT2D eigenvalue weighted by Crippen LogP contribution is -2.49. The first kappa shape index (κ1) is 14.6. The Morgan fingerprint density at radius 2 is 2.00 bits per heavy atom. The van der Waals surface area contributed by atoms with Gasteiger partial charge in [-0.25, -0.2) is 4.39 Å². The van der Waals surface area contributed by atoms with Crippen LogP contribution < -0.4 is 11.1 Å². The van der Waals surface area contributed by atoms with Crippen LogP contribution in [0.5, 0.6) is 0 Å². The molecule has 1 rings (SSSR count). The van der Waals surface area contributed by atoms with Crippen molar-refractivity contribution in [2.24, 2.45) is 5.73 Å². The predicted octanol–water partition coefficient (Wildman–Crippen LogP) is 2.38. The van der Waals surface area contributed by atoms with Gasteiger partial charge in [-0.3, -0.25) is 4.79 Å². The topological polar surface area (TPSA) is 55.1 Å². The fraction of sp³-hybridized carbons (Fsp3) is 0.500. The van der Waals surface area contributed by atoms with Gasteiger partial charge in [0.05, 0.1) is 0 Å². The molecule has 0 aliphatic heterocycles. The van der Waals surface area contributed by atoms with E-state index >= 15 is 0 Å². The summed E-state index contributed by atoms with van der Waals surface area (Å²) in [7, 11) is 0. The Morgan fingerprint density at radius 3 is 2.50 bits per heavy atom. The first-order valence-electron chi connectivity index (χ1n) is 6.25. The highest BCUT2D eigenvalue weighted by atomic mass is 19.1. The maximum absolute atomic E-state index is 12.9. The summed E-state index contributed by atoms with van der Waals surface area (Å²) in [5, 5.41) is 2.82. The minimum atomic E-state index is -0.371. The summed E-state index contributed by atoms with van der Waals surface area (Å²) < 4.78 is 12.9. The van der Waals surface area contributed by atoms with E-state index in [1.165, 1.54) is 18.2 Å². The van der Waals surface area contributed by atoms with Gasteiger partial charge in [0, 0.05) is 17.6 Å². The van der Waals surface area contributed by atoms with E-state index in [2.05, 4.69) is 5.32 Å². The number of carbonyl (C=O) groups excluding carboxylic acids is 1. The van der Waals surface area contributed by atoms with E-state index in [-0.39, 0.29) is 17.3 Å². The standard InChI is InChI=1S/C14H21FN2O/c1-4-14(16,5-2)9-17-13(18)12-7-6-11(15)8-10(12)3/h6-8H,4-5,9,16H2,1-3H3,(H,17,18). The molecule has 0 aliphatic rings. The average molecular weight is 252 g/mol. The summed E-state index contributed by atoms with van der Waals surface area (Å²) in [6, 6.07) is 4.14. The van der Waals surface area contributed by atoms with Gasteiger partial charge >= 0.3 is 0 Å².